The molecule has 0 fully saturated rings. The second kappa shape index (κ2) is 6.95. The number of hydrogen-bond acceptors (Lipinski definition) is 3. The molecule has 2 aromatic carbocycles. The van der Waals surface area contributed by atoms with Gasteiger partial charge in [0, 0.05) is 41.6 Å². The van der Waals surface area contributed by atoms with Gasteiger partial charge in [-0.2, -0.15) is 5.10 Å². The normalized spacial score (nSPS) is 11.6. The van der Waals surface area contributed by atoms with Crippen LogP contribution in [0.2, 0.25) is 0 Å². The molecule has 0 spiro atoms. The number of para-hydroxylation sites is 1. The molecule has 0 aliphatic carbocycles. The van der Waals surface area contributed by atoms with Crippen molar-refractivity contribution in [1.29, 1.82) is 0 Å². The lowest BCUT2D eigenvalue weighted by Crippen LogP contribution is -2.21. The Balaban J connectivity index is 1.38. The Hall–Kier alpha value is -4.19. The summed E-state index contributed by atoms with van der Waals surface area (Å²) in [5.41, 5.74) is 5.78. The van der Waals surface area contributed by atoms with Crippen molar-refractivity contribution in [2.45, 2.75) is 13.0 Å². The summed E-state index contributed by atoms with van der Waals surface area (Å²) in [6.07, 6.45) is 8.12. The molecule has 0 amide bonds. The van der Waals surface area contributed by atoms with Crippen molar-refractivity contribution < 1.29 is 0 Å². The first-order valence-electron chi connectivity index (χ1n) is 10.3. The molecule has 4 aromatic heterocycles. The highest BCUT2D eigenvalue weighted by atomic mass is 16.1. The Kier molecular flexibility index (Phi) is 3.96. The number of nitrogens with one attached hydrogen (secondary N) is 1. The number of aromatic amines is 1. The van der Waals surface area contributed by atoms with Gasteiger partial charge in [0.1, 0.15) is 0 Å². The van der Waals surface area contributed by atoms with Crippen LogP contribution in [0, 0.1) is 0 Å². The summed E-state index contributed by atoms with van der Waals surface area (Å²) in [6.45, 7) is 0.600. The Morgan fingerprint density at radius 3 is 2.65 bits per heavy atom. The minimum atomic E-state index is -0.0523. The molecule has 6 heteroatoms. The molecule has 0 unspecified atom stereocenters. The molecule has 6 nitrogen and oxygen atoms in total. The van der Waals surface area contributed by atoms with Crippen molar-refractivity contribution in [2.75, 3.05) is 0 Å². The van der Waals surface area contributed by atoms with Crippen LogP contribution in [0.4, 0.5) is 0 Å². The highest BCUT2D eigenvalue weighted by Crippen LogP contribution is 2.24. The van der Waals surface area contributed by atoms with Gasteiger partial charge in [-0.15, -0.1) is 0 Å². The zero-order valence-corrected chi connectivity index (χ0v) is 16.7. The Labute approximate surface area is 177 Å². The largest absolute Gasteiger partial charge is 0.361 e. The molecular weight excluding hydrogens is 386 g/mol. The van der Waals surface area contributed by atoms with E-state index in [1.165, 1.54) is 10.9 Å². The van der Waals surface area contributed by atoms with Gasteiger partial charge in [0.15, 0.2) is 5.65 Å². The van der Waals surface area contributed by atoms with Gasteiger partial charge in [0.25, 0.3) is 5.56 Å². The van der Waals surface area contributed by atoms with E-state index in [0.29, 0.717) is 11.9 Å². The predicted molar refractivity (Wildman–Crippen MR) is 122 cm³/mol. The van der Waals surface area contributed by atoms with E-state index in [-0.39, 0.29) is 5.56 Å². The standard InChI is InChI=1S/C25H19N5O/c31-25-21-15-27-24-20(17-6-2-1-3-7-17)16-28-30(24)23(21)11-13-29(25)12-10-18-14-26-22-9-5-4-8-19(18)22/h1-9,11,13-16,26H,10,12H2. The molecule has 4 heterocycles. The maximum Gasteiger partial charge on any atom is 0.261 e. The predicted octanol–water partition coefficient (Wildman–Crippen LogP) is 4.44. The average molecular weight is 405 g/mol. The summed E-state index contributed by atoms with van der Waals surface area (Å²) in [7, 11) is 0. The van der Waals surface area contributed by atoms with Crippen LogP contribution in [0.25, 0.3) is 38.6 Å². The fourth-order valence-electron chi connectivity index (χ4n) is 4.23. The van der Waals surface area contributed by atoms with E-state index in [1.54, 1.807) is 21.5 Å². The lowest BCUT2D eigenvalue weighted by molar-refractivity contribution is 0.676. The van der Waals surface area contributed by atoms with Gasteiger partial charge in [-0.1, -0.05) is 48.5 Å². The summed E-state index contributed by atoms with van der Waals surface area (Å²) in [5, 5.41) is 6.28. The van der Waals surface area contributed by atoms with Crippen LogP contribution in [-0.4, -0.2) is 24.1 Å². The minimum Gasteiger partial charge on any atom is -0.361 e. The van der Waals surface area contributed by atoms with Gasteiger partial charge in [0.05, 0.1) is 17.1 Å². The second-order valence-corrected chi connectivity index (χ2v) is 7.64. The first-order valence-corrected chi connectivity index (χ1v) is 10.3. The fraction of sp³-hybridized carbons (Fsp3) is 0.0800. The van der Waals surface area contributed by atoms with Crippen LogP contribution in [0.3, 0.4) is 0 Å². The SMILES string of the molecule is O=c1c2cnc3c(-c4ccccc4)cnn3c2ccn1CCc1c[nH]c2ccccc12. The van der Waals surface area contributed by atoms with E-state index < -0.39 is 0 Å². The number of rotatable bonds is 4. The van der Waals surface area contributed by atoms with E-state index in [0.717, 1.165) is 34.2 Å². The summed E-state index contributed by atoms with van der Waals surface area (Å²) in [5.74, 6) is 0. The highest BCUT2D eigenvalue weighted by molar-refractivity contribution is 5.85. The van der Waals surface area contributed by atoms with Crippen molar-refractivity contribution in [2.24, 2.45) is 0 Å². The summed E-state index contributed by atoms with van der Waals surface area (Å²) in [4.78, 5) is 21.0. The smallest absolute Gasteiger partial charge is 0.261 e. The number of aromatic nitrogens is 5. The molecule has 0 bridgehead atoms. The fourth-order valence-corrected chi connectivity index (χ4v) is 4.23. The van der Waals surface area contributed by atoms with E-state index in [4.69, 9.17) is 0 Å². The summed E-state index contributed by atoms with van der Waals surface area (Å²) >= 11 is 0. The van der Waals surface area contributed by atoms with Crippen LogP contribution in [0.5, 0.6) is 0 Å². The molecule has 0 radical (unpaired) electrons. The number of hydrogen-bond donors (Lipinski definition) is 1. The molecule has 0 saturated carbocycles. The molecule has 6 aromatic rings. The second-order valence-electron chi connectivity index (χ2n) is 7.64. The molecule has 0 saturated heterocycles. The maximum absolute atomic E-state index is 13.1. The van der Waals surface area contributed by atoms with E-state index in [2.05, 4.69) is 27.2 Å². The van der Waals surface area contributed by atoms with Crippen molar-refractivity contribution in [3.63, 3.8) is 0 Å². The van der Waals surface area contributed by atoms with Crippen LogP contribution in [-0.2, 0) is 13.0 Å². The molecule has 31 heavy (non-hydrogen) atoms. The van der Waals surface area contributed by atoms with Crippen LogP contribution < -0.4 is 5.56 Å². The van der Waals surface area contributed by atoms with E-state index in [9.17, 15) is 4.79 Å². The van der Waals surface area contributed by atoms with Gasteiger partial charge >= 0.3 is 0 Å². The molecule has 150 valence electrons. The highest BCUT2D eigenvalue weighted by Gasteiger charge is 2.13. The number of nitrogens with zero attached hydrogens (tertiary/aromatic N) is 4. The zero-order valence-electron chi connectivity index (χ0n) is 16.7. The molecular formula is C25H19N5O. The Morgan fingerprint density at radius 2 is 1.74 bits per heavy atom. The minimum absolute atomic E-state index is 0.0523. The zero-order chi connectivity index (χ0) is 20.8. The van der Waals surface area contributed by atoms with Gasteiger partial charge in [-0.3, -0.25) is 4.79 Å². The first kappa shape index (κ1) is 17.7. The van der Waals surface area contributed by atoms with Crippen molar-refractivity contribution in [1.82, 2.24) is 24.1 Å². The summed E-state index contributed by atoms with van der Waals surface area (Å²) in [6, 6.07) is 20.2. The lowest BCUT2D eigenvalue weighted by Gasteiger charge is -2.08. The topological polar surface area (TPSA) is 68.0 Å². The van der Waals surface area contributed by atoms with Gasteiger partial charge in [-0.25, -0.2) is 9.50 Å². The lowest BCUT2D eigenvalue weighted by atomic mass is 10.1. The van der Waals surface area contributed by atoms with Gasteiger partial charge in [-0.05, 0) is 29.7 Å². The number of benzene rings is 2. The number of H-pyrrole nitrogens is 1. The van der Waals surface area contributed by atoms with Crippen LogP contribution in [0.1, 0.15) is 5.56 Å². The molecule has 1 N–H and O–H groups in total. The third-order valence-electron chi connectivity index (χ3n) is 5.85. The van der Waals surface area contributed by atoms with Gasteiger partial charge in [0.2, 0.25) is 0 Å². The third-order valence-corrected chi connectivity index (χ3v) is 5.85. The van der Waals surface area contributed by atoms with E-state index >= 15 is 0 Å². The van der Waals surface area contributed by atoms with Crippen LogP contribution >= 0.6 is 0 Å². The molecule has 6 rings (SSSR count). The van der Waals surface area contributed by atoms with Crippen LogP contribution in [0.15, 0.2) is 90.2 Å². The monoisotopic (exact) mass is 405 g/mol. The number of fused-ring (bicyclic) bond motifs is 4. The summed E-state index contributed by atoms with van der Waals surface area (Å²) < 4.78 is 3.50. The first-order chi connectivity index (χ1) is 15.3. The van der Waals surface area contributed by atoms with Crippen molar-refractivity contribution in [3.8, 4) is 11.1 Å². The maximum atomic E-state index is 13.1. The quantitative estimate of drug-likeness (QED) is 0.472. The average Bonchev–Trinajstić information content (AvgIpc) is 3.44. The Bertz CT molecular complexity index is 1610. The van der Waals surface area contributed by atoms with Crippen molar-refractivity contribution >= 4 is 27.5 Å². The molecule has 0 aliphatic rings. The Morgan fingerprint density at radius 1 is 0.903 bits per heavy atom. The third kappa shape index (κ3) is 2.84. The molecule has 0 atom stereocenters. The van der Waals surface area contributed by atoms with Crippen molar-refractivity contribution in [3.05, 3.63) is 101 Å². The van der Waals surface area contributed by atoms with E-state index in [1.807, 2.05) is 60.9 Å². The molecule has 0 aliphatic heterocycles. The number of aryl methyl sites for hydroxylation is 2. The van der Waals surface area contributed by atoms with Gasteiger partial charge < -0.3 is 9.55 Å². The number of pyridine rings is 1.